The average Bonchev–Trinajstić information content (AvgIpc) is 2.42. The molecule has 2 aromatic carbocycles. The number of carbonyl (C=O) groups is 1. The molecule has 108 valence electrons. The fourth-order valence-electron chi connectivity index (χ4n) is 1.68. The third-order valence-electron chi connectivity index (χ3n) is 2.63. The number of anilines is 2. The number of carboxylic acids is 1. The van der Waals surface area contributed by atoms with Gasteiger partial charge in [-0.2, -0.15) is 0 Å². The first kappa shape index (κ1) is 15.5. The van der Waals surface area contributed by atoms with Crippen LogP contribution in [-0.4, -0.2) is 16.0 Å². The Morgan fingerprint density at radius 1 is 1.19 bits per heavy atom. The van der Waals surface area contributed by atoms with Crippen LogP contribution in [0.5, 0.6) is 0 Å². The zero-order valence-electron chi connectivity index (χ0n) is 10.3. The highest BCUT2D eigenvalue weighted by molar-refractivity contribution is 9.10. The molecule has 0 aliphatic carbocycles. The number of hydrogen-bond donors (Lipinski definition) is 2. The van der Waals surface area contributed by atoms with Crippen LogP contribution in [0.15, 0.2) is 45.3 Å². The van der Waals surface area contributed by atoms with Crippen LogP contribution in [0.3, 0.4) is 0 Å². The van der Waals surface area contributed by atoms with Crippen molar-refractivity contribution in [3.8, 4) is 0 Å². The van der Waals surface area contributed by atoms with Gasteiger partial charge in [-0.15, -0.1) is 0 Å². The lowest BCUT2D eigenvalue weighted by Gasteiger charge is -2.09. The number of nitro benzene ring substituents is 1. The lowest BCUT2D eigenvalue weighted by Crippen LogP contribution is -2.01. The number of nitrogens with one attached hydrogen (secondary N) is 1. The maximum absolute atomic E-state index is 11.1. The van der Waals surface area contributed by atoms with E-state index >= 15 is 0 Å². The summed E-state index contributed by atoms with van der Waals surface area (Å²) in [6.07, 6.45) is 0. The zero-order chi connectivity index (χ0) is 15.6. The molecular weight excluding hydrogens is 408 g/mol. The van der Waals surface area contributed by atoms with Crippen molar-refractivity contribution in [1.29, 1.82) is 0 Å². The first-order chi connectivity index (χ1) is 9.88. The van der Waals surface area contributed by atoms with Crippen LogP contribution in [0.4, 0.5) is 17.1 Å². The van der Waals surface area contributed by atoms with Crippen LogP contribution in [0.2, 0.25) is 0 Å². The van der Waals surface area contributed by atoms with E-state index in [-0.39, 0.29) is 16.9 Å². The second-order valence-corrected chi connectivity index (χ2v) is 5.81. The molecule has 2 aromatic rings. The number of benzene rings is 2. The Morgan fingerprint density at radius 2 is 1.90 bits per heavy atom. The Morgan fingerprint density at radius 3 is 2.52 bits per heavy atom. The van der Waals surface area contributed by atoms with Gasteiger partial charge in [-0.25, -0.2) is 4.79 Å². The highest BCUT2D eigenvalue weighted by atomic mass is 79.9. The molecule has 8 heteroatoms. The number of nitrogens with zero attached hydrogens (tertiary/aromatic N) is 1. The lowest BCUT2D eigenvalue weighted by atomic mass is 10.2. The smallest absolute Gasteiger partial charge is 0.336 e. The molecule has 2 N–H and O–H groups in total. The monoisotopic (exact) mass is 414 g/mol. The fourth-order valence-corrected chi connectivity index (χ4v) is 2.45. The summed E-state index contributed by atoms with van der Waals surface area (Å²) in [7, 11) is 0. The van der Waals surface area contributed by atoms with Gasteiger partial charge in [-0.3, -0.25) is 10.1 Å². The van der Waals surface area contributed by atoms with Crippen molar-refractivity contribution in [2.75, 3.05) is 5.32 Å². The van der Waals surface area contributed by atoms with Gasteiger partial charge in [0, 0.05) is 20.7 Å². The summed E-state index contributed by atoms with van der Waals surface area (Å²) in [5, 5.41) is 23.0. The van der Waals surface area contributed by atoms with Gasteiger partial charge in [0.15, 0.2) is 0 Å². The molecular formula is C13H8Br2N2O4. The molecule has 0 unspecified atom stereocenters. The number of hydrogen-bond acceptors (Lipinski definition) is 4. The van der Waals surface area contributed by atoms with Gasteiger partial charge in [0.1, 0.15) is 5.69 Å². The van der Waals surface area contributed by atoms with Gasteiger partial charge in [0.05, 0.1) is 10.5 Å². The highest BCUT2D eigenvalue weighted by Crippen LogP contribution is 2.31. The van der Waals surface area contributed by atoms with Crippen LogP contribution in [-0.2, 0) is 0 Å². The second kappa shape index (κ2) is 6.23. The SMILES string of the molecule is O=C(O)c1cc(Nc2ccc(Br)cc2[N+](=O)[O-])ccc1Br. The van der Waals surface area contributed by atoms with Crippen LogP contribution < -0.4 is 5.32 Å². The summed E-state index contributed by atoms with van der Waals surface area (Å²) in [5.74, 6) is -1.09. The Bertz CT molecular complexity index is 734. The van der Waals surface area contributed by atoms with Crippen molar-refractivity contribution in [1.82, 2.24) is 0 Å². The normalized spacial score (nSPS) is 10.2. The highest BCUT2D eigenvalue weighted by Gasteiger charge is 2.15. The summed E-state index contributed by atoms with van der Waals surface area (Å²) < 4.78 is 1.02. The minimum atomic E-state index is -1.09. The summed E-state index contributed by atoms with van der Waals surface area (Å²) in [5.41, 5.74) is 0.687. The van der Waals surface area contributed by atoms with E-state index < -0.39 is 10.9 Å². The third kappa shape index (κ3) is 3.59. The quantitative estimate of drug-likeness (QED) is 0.563. The minimum Gasteiger partial charge on any atom is -0.478 e. The second-order valence-electron chi connectivity index (χ2n) is 4.04. The average molecular weight is 416 g/mol. The van der Waals surface area contributed by atoms with E-state index in [1.807, 2.05) is 0 Å². The van der Waals surface area contributed by atoms with Crippen molar-refractivity contribution < 1.29 is 14.8 Å². The maximum Gasteiger partial charge on any atom is 0.336 e. The Labute approximate surface area is 136 Å². The van der Waals surface area contributed by atoms with E-state index in [1.54, 1.807) is 24.3 Å². The number of carboxylic acid groups (broad SMARTS) is 1. The molecule has 0 radical (unpaired) electrons. The molecule has 0 saturated carbocycles. The summed E-state index contributed by atoms with van der Waals surface area (Å²) in [6.45, 7) is 0. The maximum atomic E-state index is 11.1. The predicted octanol–water partition coefficient (Wildman–Crippen LogP) is 4.56. The van der Waals surface area contributed by atoms with Gasteiger partial charge < -0.3 is 10.4 Å². The first-order valence-corrected chi connectivity index (χ1v) is 7.21. The Kier molecular flexibility index (Phi) is 4.59. The molecule has 0 bridgehead atoms. The molecule has 0 aromatic heterocycles. The molecule has 6 nitrogen and oxygen atoms in total. The molecule has 0 spiro atoms. The topological polar surface area (TPSA) is 92.5 Å². The van der Waals surface area contributed by atoms with Crippen LogP contribution in [0.25, 0.3) is 0 Å². The van der Waals surface area contributed by atoms with Crippen LogP contribution >= 0.6 is 31.9 Å². The van der Waals surface area contributed by atoms with Crippen molar-refractivity contribution >= 4 is 54.9 Å². The van der Waals surface area contributed by atoms with Crippen molar-refractivity contribution in [2.45, 2.75) is 0 Å². The molecule has 2 rings (SSSR count). The van der Waals surface area contributed by atoms with Crippen LogP contribution in [0, 0.1) is 10.1 Å². The zero-order valence-corrected chi connectivity index (χ0v) is 13.5. The first-order valence-electron chi connectivity index (χ1n) is 5.62. The standard InChI is InChI=1S/C13H8Br2N2O4/c14-7-1-4-11(12(5-7)17(20)21)16-8-2-3-10(15)9(6-8)13(18)19/h1-6,16H,(H,18,19). The summed E-state index contributed by atoms with van der Waals surface area (Å²) in [6, 6.07) is 9.17. The van der Waals surface area contributed by atoms with Gasteiger partial charge in [-0.1, -0.05) is 15.9 Å². The lowest BCUT2D eigenvalue weighted by molar-refractivity contribution is -0.384. The van der Waals surface area contributed by atoms with Crippen molar-refractivity contribution in [3.05, 3.63) is 61.0 Å². The van der Waals surface area contributed by atoms with Gasteiger partial charge in [0.2, 0.25) is 0 Å². The van der Waals surface area contributed by atoms with Gasteiger partial charge in [0.25, 0.3) is 5.69 Å². The van der Waals surface area contributed by atoms with Gasteiger partial charge >= 0.3 is 5.97 Å². The van der Waals surface area contributed by atoms with Crippen LogP contribution in [0.1, 0.15) is 10.4 Å². The van der Waals surface area contributed by atoms with E-state index in [1.165, 1.54) is 12.1 Å². The Hall–Kier alpha value is -1.93. The fraction of sp³-hybridized carbons (Fsp3) is 0. The number of aromatic carboxylic acids is 1. The van der Waals surface area contributed by atoms with Crippen molar-refractivity contribution in [3.63, 3.8) is 0 Å². The minimum absolute atomic E-state index is 0.0692. The summed E-state index contributed by atoms with van der Waals surface area (Å²) in [4.78, 5) is 21.6. The largest absolute Gasteiger partial charge is 0.478 e. The summed E-state index contributed by atoms with van der Waals surface area (Å²) >= 11 is 6.31. The van der Waals surface area contributed by atoms with E-state index in [4.69, 9.17) is 5.11 Å². The van der Waals surface area contributed by atoms with E-state index in [0.29, 0.717) is 14.6 Å². The van der Waals surface area contributed by atoms with E-state index in [0.717, 1.165) is 0 Å². The third-order valence-corrected chi connectivity index (χ3v) is 3.82. The number of rotatable bonds is 4. The molecule has 0 aliphatic heterocycles. The molecule has 0 amide bonds. The van der Waals surface area contributed by atoms with Gasteiger partial charge in [-0.05, 0) is 46.3 Å². The molecule has 0 atom stereocenters. The molecule has 0 heterocycles. The number of nitro groups is 1. The number of halogens is 2. The molecule has 21 heavy (non-hydrogen) atoms. The van der Waals surface area contributed by atoms with E-state index in [2.05, 4.69) is 37.2 Å². The Balaban J connectivity index is 2.41. The molecule has 0 fully saturated rings. The van der Waals surface area contributed by atoms with Crippen molar-refractivity contribution in [2.24, 2.45) is 0 Å². The predicted molar refractivity (Wildman–Crippen MR) is 85.2 cm³/mol. The molecule has 0 saturated heterocycles. The molecule has 0 aliphatic rings. The van der Waals surface area contributed by atoms with E-state index in [9.17, 15) is 14.9 Å².